The maximum Gasteiger partial charge on any atom is 0.123 e. The van der Waals surface area contributed by atoms with Gasteiger partial charge in [-0.15, -0.1) is 0 Å². The third kappa shape index (κ3) is 3.77. The van der Waals surface area contributed by atoms with Crippen molar-refractivity contribution < 1.29 is 4.39 Å². The van der Waals surface area contributed by atoms with Crippen LogP contribution in [0.25, 0.3) is 0 Å². The van der Waals surface area contributed by atoms with Gasteiger partial charge in [0.1, 0.15) is 5.82 Å². The quantitative estimate of drug-likeness (QED) is 0.899. The Bertz CT molecular complexity index is 407. The van der Waals surface area contributed by atoms with Gasteiger partial charge in [0.2, 0.25) is 0 Å². The molecule has 0 radical (unpaired) electrons. The average Bonchev–Trinajstić information content (AvgIpc) is 2.40. The molecule has 0 saturated carbocycles. The number of nitrogens with one attached hydrogen (secondary N) is 1. The lowest BCUT2D eigenvalue weighted by Crippen LogP contribution is -2.56. The Balaban J connectivity index is 2.01. The fourth-order valence-electron chi connectivity index (χ4n) is 2.70. The molecule has 1 N–H and O–H groups in total. The highest BCUT2D eigenvalue weighted by atomic mass is 19.1. The van der Waals surface area contributed by atoms with Crippen molar-refractivity contribution in [1.82, 2.24) is 10.2 Å². The van der Waals surface area contributed by atoms with Crippen molar-refractivity contribution in [2.24, 2.45) is 5.92 Å². The molecule has 19 heavy (non-hydrogen) atoms. The first-order chi connectivity index (χ1) is 9.10. The van der Waals surface area contributed by atoms with Crippen LogP contribution in [0.15, 0.2) is 24.3 Å². The zero-order chi connectivity index (χ0) is 13.8. The molecule has 3 atom stereocenters. The average molecular weight is 264 g/mol. The van der Waals surface area contributed by atoms with Crippen LogP contribution in [-0.2, 0) is 6.54 Å². The molecule has 0 spiro atoms. The van der Waals surface area contributed by atoms with Gasteiger partial charge in [0.05, 0.1) is 0 Å². The van der Waals surface area contributed by atoms with Crippen molar-refractivity contribution in [3.8, 4) is 0 Å². The number of benzene rings is 1. The van der Waals surface area contributed by atoms with Gasteiger partial charge in [-0.3, -0.25) is 4.90 Å². The molecule has 0 amide bonds. The number of hydrogen-bond acceptors (Lipinski definition) is 2. The Morgan fingerprint density at radius 3 is 2.95 bits per heavy atom. The fourth-order valence-corrected chi connectivity index (χ4v) is 2.70. The summed E-state index contributed by atoms with van der Waals surface area (Å²) >= 11 is 0. The lowest BCUT2D eigenvalue weighted by molar-refractivity contribution is 0.112. The van der Waals surface area contributed by atoms with Crippen LogP contribution in [0.3, 0.4) is 0 Å². The van der Waals surface area contributed by atoms with E-state index in [2.05, 4.69) is 31.0 Å². The van der Waals surface area contributed by atoms with Gasteiger partial charge in [0.25, 0.3) is 0 Å². The van der Waals surface area contributed by atoms with Crippen LogP contribution in [0.1, 0.15) is 32.8 Å². The molecule has 2 rings (SSSR count). The predicted molar refractivity (Wildman–Crippen MR) is 77.5 cm³/mol. The van der Waals surface area contributed by atoms with E-state index in [-0.39, 0.29) is 5.82 Å². The van der Waals surface area contributed by atoms with Gasteiger partial charge in [-0.1, -0.05) is 32.4 Å². The molecule has 1 aromatic rings. The fraction of sp³-hybridized carbons (Fsp3) is 0.625. The number of rotatable bonds is 4. The summed E-state index contributed by atoms with van der Waals surface area (Å²) in [6.07, 6.45) is 1.19. The second-order valence-electron chi connectivity index (χ2n) is 5.81. The first-order valence-electron chi connectivity index (χ1n) is 7.32. The van der Waals surface area contributed by atoms with Crippen molar-refractivity contribution in [2.45, 2.75) is 45.8 Å². The monoisotopic (exact) mass is 264 g/mol. The van der Waals surface area contributed by atoms with Crippen LogP contribution in [0.4, 0.5) is 4.39 Å². The minimum absolute atomic E-state index is 0.140. The van der Waals surface area contributed by atoms with Crippen molar-refractivity contribution in [3.63, 3.8) is 0 Å². The van der Waals surface area contributed by atoms with Crippen LogP contribution >= 0.6 is 0 Å². The van der Waals surface area contributed by atoms with E-state index in [0.29, 0.717) is 18.0 Å². The van der Waals surface area contributed by atoms with Crippen LogP contribution in [0, 0.1) is 11.7 Å². The van der Waals surface area contributed by atoms with Crippen LogP contribution in [-0.4, -0.2) is 30.1 Å². The van der Waals surface area contributed by atoms with E-state index < -0.39 is 0 Å². The summed E-state index contributed by atoms with van der Waals surface area (Å²) in [7, 11) is 0. The molecule has 1 heterocycles. The zero-order valence-corrected chi connectivity index (χ0v) is 12.2. The van der Waals surface area contributed by atoms with Crippen molar-refractivity contribution in [3.05, 3.63) is 35.6 Å². The van der Waals surface area contributed by atoms with Crippen molar-refractivity contribution in [1.29, 1.82) is 0 Å². The van der Waals surface area contributed by atoms with Gasteiger partial charge in [-0.25, -0.2) is 4.39 Å². The van der Waals surface area contributed by atoms with Gasteiger partial charge < -0.3 is 5.32 Å². The van der Waals surface area contributed by atoms with E-state index in [1.54, 1.807) is 12.1 Å². The van der Waals surface area contributed by atoms with Gasteiger partial charge in [-0.2, -0.15) is 0 Å². The second-order valence-corrected chi connectivity index (χ2v) is 5.81. The van der Waals surface area contributed by atoms with Gasteiger partial charge >= 0.3 is 0 Å². The van der Waals surface area contributed by atoms with Crippen LogP contribution < -0.4 is 5.32 Å². The summed E-state index contributed by atoms with van der Waals surface area (Å²) in [6.45, 7) is 9.68. The highest BCUT2D eigenvalue weighted by Crippen LogP contribution is 2.18. The molecule has 1 fully saturated rings. The number of nitrogens with zero attached hydrogens (tertiary/aromatic N) is 1. The molecule has 0 aliphatic carbocycles. The molecule has 0 aromatic heterocycles. The molecule has 2 nitrogen and oxygen atoms in total. The minimum atomic E-state index is -0.140. The zero-order valence-electron chi connectivity index (χ0n) is 12.2. The molecular formula is C16H25FN2. The first-order valence-corrected chi connectivity index (χ1v) is 7.32. The van der Waals surface area contributed by atoms with E-state index in [1.807, 2.05) is 6.07 Å². The molecule has 106 valence electrons. The Kier molecular flexibility index (Phi) is 4.94. The summed E-state index contributed by atoms with van der Waals surface area (Å²) < 4.78 is 13.2. The molecule has 1 aliphatic rings. The summed E-state index contributed by atoms with van der Waals surface area (Å²) in [4.78, 5) is 2.46. The summed E-state index contributed by atoms with van der Waals surface area (Å²) in [5.74, 6) is 0.543. The molecular weight excluding hydrogens is 239 g/mol. The minimum Gasteiger partial charge on any atom is -0.311 e. The smallest absolute Gasteiger partial charge is 0.123 e. The lowest BCUT2D eigenvalue weighted by atomic mass is 9.95. The third-order valence-corrected chi connectivity index (χ3v) is 4.34. The van der Waals surface area contributed by atoms with Crippen LogP contribution in [0.5, 0.6) is 0 Å². The summed E-state index contributed by atoms with van der Waals surface area (Å²) in [6, 6.07) is 8.01. The highest BCUT2D eigenvalue weighted by Gasteiger charge is 2.27. The molecule has 3 heteroatoms. The Hall–Kier alpha value is -0.930. The van der Waals surface area contributed by atoms with E-state index in [0.717, 1.165) is 25.2 Å². The second kappa shape index (κ2) is 6.49. The topological polar surface area (TPSA) is 15.3 Å². The number of halogens is 1. The predicted octanol–water partition coefficient (Wildman–Crippen LogP) is 3.03. The number of hydrogen-bond donors (Lipinski definition) is 1. The SMILES string of the molecule is CCC(C)C1CN(Cc2cccc(F)c2)C(C)CN1. The lowest BCUT2D eigenvalue weighted by Gasteiger charge is -2.41. The van der Waals surface area contributed by atoms with Gasteiger partial charge in [-0.05, 0) is 30.5 Å². The van der Waals surface area contributed by atoms with Crippen molar-refractivity contribution >= 4 is 0 Å². The Morgan fingerprint density at radius 2 is 2.26 bits per heavy atom. The summed E-state index contributed by atoms with van der Waals surface area (Å²) in [5.41, 5.74) is 1.07. The molecule has 1 saturated heterocycles. The van der Waals surface area contributed by atoms with E-state index in [9.17, 15) is 4.39 Å². The van der Waals surface area contributed by atoms with Gasteiger partial charge in [0, 0.05) is 31.7 Å². The maximum absolute atomic E-state index is 13.2. The molecule has 0 bridgehead atoms. The number of piperazine rings is 1. The molecule has 1 aromatic carbocycles. The van der Waals surface area contributed by atoms with Gasteiger partial charge in [0.15, 0.2) is 0 Å². The van der Waals surface area contributed by atoms with Crippen molar-refractivity contribution in [2.75, 3.05) is 13.1 Å². The Morgan fingerprint density at radius 1 is 1.47 bits per heavy atom. The van der Waals surface area contributed by atoms with Crippen LogP contribution in [0.2, 0.25) is 0 Å². The maximum atomic E-state index is 13.2. The Labute approximate surface area is 116 Å². The first kappa shape index (κ1) is 14.5. The highest BCUT2D eigenvalue weighted by molar-refractivity contribution is 5.16. The molecule has 1 aliphatic heterocycles. The normalized spacial score (nSPS) is 26.3. The van der Waals surface area contributed by atoms with E-state index in [1.165, 1.54) is 12.5 Å². The standard InChI is InChI=1S/C16H25FN2/c1-4-12(2)16-11-19(13(3)9-18-16)10-14-6-5-7-15(17)8-14/h5-8,12-13,16,18H,4,9-11H2,1-3H3. The molecule has 3 unspecified atom stereocenters. The van der Waals surface area contributed by atoms with E-state index in [4.69, 9.17) is 0 Å². The van der Waals surface area contributed by atoms with E-state index >= 15 is 0 Å². The third-order valence-electron chi connectivity index (χ3n) is 4.34. The largest absolute Gasteiger partial charge is 0.311 e. The summed E-state index contributed by atoms with van der Waals surface area (Å²) in [5, 5.41) is 3.63.